The summed E-state index contributed by atoms with van der Waals surface area (Å²) in [6.07, 6.45) is -4.57. The summed E-state index contributed by atoms with van der Waals surface area (Å²) in [6, 6.07) is 2.49. The summed E-state index contributed by atoms with van der Waals surface area (Å²) >= 11 is 4.69. The summed E-state index contributed by atoms with van der Waals surface area (Å²) < 4.78 is 63.2. The summed E-state index contributed by atoms with van der Waals surface area (Å²) in [4.78, 5) is -0.326. The van der Waals surface area contributed by atoms with E-state index in [9.17, 15) is 21.6 Å². The predicted octanol–water partition coefficient (Wildman–Crippen LogP) is 2.88. The zero-order valence-corrected chi connectivity index (χ0v) is 13.2. The van der Waals surface area contributed by atoms with Gasteiger partial charge in [-0.05, 0) is 39.0 Å². The molecule has 0 heterocycles. The lowest BCUT2D eigenvalue weighted by atomic mass is 10.1. The lowest BCUT2D eigenvalue weighted by Crippen LogP contribution is -2.34. The number of halogens is 3. The Morgan fingerprint density at radius 3 is 2.14 bits per heavy atom. The third kappa shape index (κ3) is 4.07. The maximum atomic E-state index is 12.7. The van der Waals surface area contributed by atoms with Gasteiger partial charge in [-0.1, -0.05) is 12.2 Å². The highest BCUT2D eigenvalue weighted by atomic mass is 32.2. The molecular weight excluding hydrogens is 325 g/mol. The first-order chi connectivity index (χ1) is 9.25. The van der Waals surface area contributed by atoms with Crippen LogP contribution < -0.4 is 10.5 Å². The van der Waals surface area contributed by atoms with Crippen molar-refractivity contribution in [2.24, 2.45) is 5.73 Å². The second-order valence-corrected chi connectivity index (χ2v) is 8.22. The molecule has 118 valence electrons. The summed E-state index contributed by atoms with van der Waals surface area (Å²) in [5.74, 6) is 0. The topological polar surface area (TPSA) is 72.2 Å². The molecule has 0 aliphatic heterocycles. The molecule has 0 bridgehead atoms. The van der Waals surface area contributed by atoms with E-state index in [0.29, 0.717) is 0 Å². The first-order valence-corrected chi connectivity index (χ1v) is 7.68. The van der Waals surface area contributed by atoms with E-state index in [1.54, 1.807) is 0 Å². The molecular formula is C12H15F3N2O2S2. The van der Waals surface area contributed by atoms with Gasteiger partial charge in [-0.3, -0.25) is 4.72 Å². The van der Waals surface area contributed by atoms with Crippen LogP contribution in [0.2, 0.25) is 0 Å². The summed E-state index contributed by atoms with van der Waals surface area (Å²) in [5, 5.41) is 0. The number of sulfonamides is 1. The third-order valence-electron chi connectivity index (χ3n) is 2.66. The van der Waals surface area contributed by atoms with E-state index >= 15 is 0 Å². The second kappa shape index (κ2) is 5.45. The number of benzene rings is 1. The molecule has 0 radical (unpaired) electrons. The van der Waals surface area contributed by atoms with Gasteiger partial charge in [0.1, 0.15) is 4.99 Å². The summed E-state index contributed by atoms with van der Waals surface area (Å²) in [7, 11) is -3.80. The zero-order valence-electron chi connectivity index (χ0n) is 11.6. The Labute approximate surface area is 126 Å². The SMILES string of the molecule is CC(C)(C)S(=O)(=O)Nc1ccc(C(F)(F)F)cc1C(N)=S. The monoisotopic (exact) mass is 340 g/mol. The van der Waals surface area contributed by atoms with Crippen LogP contribution in [0.3, 0.4) is 0 Å². The van der Waals surface area contributed by atoms with Crippen molar-refractivity contribution < 1.29 is 21.6 Å². The molecule has 1 aromatic carbocycles. The average molecular weight is 340 g/mol. The molecule has 1 rings (SSSR count). The molecule has 0 saturated heterocycles. The molecule has 9 heteroatoms. The van der Waals surface area contributed by atoms with E-state index in [0.717, 1.165) is 18.2 Å². The first-order valence-electron chi connectivity index (χ1n) is 5.79. The second-order valence-electron chi connectivity index (χ2n) is 5.34. The number of hydrogen-bond donors (Lipinski definition) is 2. The standard InChI is InChI=1S/C12H15F3N2O2S2/c1-11(2,3)21(18,19)17-9-5-4-7(12(13,14)15)6-8(9)10(16)20/h4-6,17H,1-3H3,(H2,16,20). The number of nitrogens with one attached hydrogen (secondary N) is 1. The molecule has 3 N–H and O–H groups in total. The van der Waals surface area contributed by atoms with Crippen molar-refractivity contribution in [2.75, 3.05) is 4.72 Å². The Balaban J connectivity index is 3.36. The molecule has 0 amide bonds. The Bertz CT molecular complexity index is 662. The Morgan fingerprint density at radius 1 is 1.24 bits per heavy atom. The molecule has 0 spiro atoms. The largest absolute Gasteiger partial charge is 0.416 e. The fraction of sp³-hybridized carbons (Fsp3) is 0.417. The highest BCUT2D eigenvalue weighted by Gasteiger charge is 2.33. The van der Waals surface area contributed by atoms with Gasteiger partial charge in [0.2, 0.25) is 10.0 Å². The van der Waals surface area contributed by atoms with Crippen LogP contribution in [0.5, 0.6) is 0 Å². The number of hydrogen-bond acceptors (Lipinski definition) is 3. The molecule has 0 aliphatic carbocycles. The minimum absolute atomic E-state index is 0.0783. The molecule has 1 aromatic rings. The number of nitrogens with two attached hydrogens (primary N) is 1. The van der Waals surface area contributed by atoms with E-state index in [1.807, 2.05) is 0 Å². The van der Waals surface area contributed by atoms with Crippen LogP contribution >= 0.6 is 12.2 Å². The lowest BCUT2D eigenvalue weighted by molar-refractivity contribution is -0.137. The normalized spacial score (nSPS) is 13.0. The van der Waals surface area contributed by atoms with Gasteiger partial charge in [-0.2, -0.15) is 13.2 Å². The fourth-order valence-electron chi connectivity index (χ4n) is 1.31. The average Bonchev–Trinajstić information content (AvgIpc) is 2.25. The van der Waals surface area contributed by atoms with E-state index in [1.165, 1.54) is 20.8 Å². The molecule has 0 unspecified atom stereocenters. The molecule has 0 aromatic heterocycles. The molecule has 4 nitrogen and oxygen atoms in total. The van der Waals surface area contributed by atoms with Crippen molar-refractivity contribution in [1.29, 1.82) is 0 Å². The van der Waals surface area contributed by atoms with E-state index < -0.39 is 26.5 Å². The molecule has 21 heavy (non-hydrogen) atoms. The smallest absolute Gasteiger partial charge is 0.389 e. The van der Waals surface area contributed by atoms with Gasteiger partial charge in [0.05, 0.1) is 16.0 Å². The highest BCUT2D eigenvalue weighted by molar-refractivity contribution is 7.94. The molecule has 0 fully saturated rings. The van der Waals surface area contributed by atoms with Crippen LogP contribution in [0.1, 0.15) is 31.9 Å². The molecule has 0 aliphatic rings. The van der Waals surface area contributed by atoms with Crippen LogP contribution in [-0.4, -0.2) is 18.2 Å². The van der Waals surface area contributed by atoms with Crippen molar-refractivity contribution in [3.63, 3.8) is 0 Å². The Morgan fingerprint density at radius 2 is 1.76 bits per heavy atom. The van der Waals surface area contributed by atoms with Crippen LogP contribution in [-0.2, 0) is 16.2 Å². The first kappa shape index (κ1) is 17.7. The number of rotatable bonds is 3. The van der Waals surface area contributed by atoms with Gasteiger partial charge in [-0.25, -0.2) is 8.42 Å². The van der Waals surface area contributed by atoms with Gasteiger partial charge in [0.25, 0.3) is 0 Å². The summed E-state index contributed by atoms with van der Waals surface area (Å²) in [6.45, 7) is 4.37. The minimum atomic E-state index is -4.57. The quantitative estimate of drug-likeness (QED) is 0.830. The Kier molecular flexibility index (Phi) is 4.59. The molecule has 0 atom stereocenters. The molecule has 0 saturated carbocycles. The van der Waals surface area contributed by atoms with Crippen LogP contribution in [0.25, 0.3) is 0 Å². The highest BCUT2D eigenvalue weighted by Crippen LogP contribution is 2.32. The van der Waals surface area contributed by atoms with E-state index in [2.05, 4.69) is 4.72 Å². The number of alkyl halides is 3. The van der Waals surface area contributed by atoms with Crippen LogP contribution in [0, 0.1) is 0 Å². The van der Waals surface area contributed by atoms with Crippen molar-refractivity contribution in [3.05, 3.63) is 29.3 Å². The Hall–Kier alpha value is -1.35. The minimum Gasteiger partial charge on any atom is -0.389 e. The van der Waals surface area contributed by atoms with E-state index in [4.69, 9.17) is 18.0 Å². The van der Waals surface area contributed by atoms with Gasteiger partial charge in [0.15, 0.2) is 0 Å². The fourth-order valence-corrected chi connectivity index (χ4v) is 2.25. The van der Waals surface area contributed by atoms with Crippen molar-refractivity contribution in [1.82, 2.24) is 0 Å². The van der Waals surface area contributed by atoms with Gasteiger partial charge in [0, 0.05) is 5.56 Å². The number of anilines is 1. The maximum Gasteiger partial charge on any atom is 0.416 e. The summed E-state index contributed by atoms with van der Waals surface area (Å²) in [5.41, 5.74) is 4.18. The van der Waals surface area contributed by atoms with Gasteiger partial charge >= 0.3 is 6.18 Å². The van der Waals surface area contributed by atoms with Crippen molar-refractivity contribution >= 4 is 32.9 Å². The number of thiocarbonyl (C=S) groups is 1. The van der Waals surface area contributed by atoms with Crippen LogP contribution in [0.15, 0.2) is 18.2 Å². The van der Waals surface area contributed by atoms with Crippen molar-refractivity contribution in [2.45, 2.75) is 31.7 Å². The maximum absolute atomic E-state index is 12.7. The lowest BCUT2D eigenvalue weighted by Gasteiger charge is -2.22. The van der Waals surface area contributed by atoms with E-state index in [-0.39, 0.29) is 16.2 Å². The predicted molar refractivity (Wildman–Crippen MR) is 79.6 cm³/mol. The van der Waals surface area contributed by atoms with Crippen LogP contribution in [0.4, 0.5) is 18.9 Å². The zero-order chi connectivity index (χ0) is 16.6. The van der Waals surface area contributed by atoms with Crippen molar-refractivity contribution in [3.8, 4) is 0 Å². The van der Waals surface area contributed by atoms with Gasteiger partial charge in [-0.15, -0.1) is 0 Å². The third-order valence-corrected chi connectivity index (χ3v) is 4.98. The van der Waals surface area contributed by atoms with Gasteiger partial charge < -0.3 is 5.73 Å².